The lowest BCUT2D eigenvalue weighted by molar-refractivity contribution is 0.117. The highest BCUT2D eigenvalue weighted by atomic mass is 35.5. The van der Waals surface area contributed by atoms with Crippen LogP contribution >= 0.6 is 23.2 Å². The van der Waals surface area contributed by atoms with Crippen LogP contribution in [0.1, 0.15) is 0 Å². The van der Waals surface area contributed by atoms with Crippen molar-refractivity contribution in [3.05, 3.63) is 58.3 Å². The fourth-order valence-corrected chi connectivity index (χ4v) is 2.20. The summed E-state index contributed by atoms with van der Waals surface area (Å²) >= 11 is 11.9. The van der Waals surface area contributed by atoms with Gasteiger partial charge in [-0.2, -0.15) is 0 Å². The topological polar surface area (TPSA) is 41.5 Å². The van der Waals surface area contributed by atoms with Gasteiger partial charge in [0.25, 0.3) is 0 Å². The summed E-state index contributed by atoms with van der Waals surface area (Å²) in [6.45, 7) is 0.133. The minimum atomic E-state index is -0.836. The fraction of sp³-hybridized carbons (Fsp3) is 0.200. The Hall–Kier alpha value is -1.49. The minimum Gasteiger partial charge on any atom is -0.488 e. The van der Waals surface area contributed by atoms with E-state index in [9.17, 15) is 9.50 Å². The lowest BCUT2D eigenvalue weighted by Crippen LogP contribution is -2.26. The number of halogens is 3. The molecule has 0 radical (unpaired) electrons. The van der Waals surface area contributed by atoms with Crippen LogP contribution in [0.5, 0.6) is 5.75 Å². The van der Waals surface area contributed by atoms with Crippen molar-refractivity contribution >= 4 is 28.9 Å². The monoisotopic (exact) mass is 329 g/mol. The second kappa shape index (κ2) is 7.50. The van der Waals surface area contributed by atoms with E-state index >= 15 is 0 Å². The molecule has 0 saturated heterocycles. The standard InChI is InChI=1S/C15H14Cl2FNO2/c16-11-4-3-5-12(17)15(11)21-9-10(20)8-19-14-7-2-1-6-13(14)18/h1-7,10,19-20H,8-9H2. The summed E-state index contributed by atoms with van der Waals surface area (Å²) in [6, 6.07) is 11.2. The van der Waals surface area contributed by atoms with Crippen LogP contribution < -0.4 is 10.1 Å². The Morgan fingerprint density at radius 3 is 2.43 bits per heavy atom. The Morgan fingerprint density at radius 1 is 1.10 bits per heavy atom. The molecule has 0 aliphatic heterocycles. The SMILES string of the molecule is OC(CNc1ccccc1F)COc1c(Cl)cccc1Cl. The number of nitrogens with one attached hydrogen (secondary N) is 1. The molecular formula is C15H14Cl2FNO2. The number of aliphatic hydroxyl groups excluding tert-OH is 1. The average Bonchev–Trinajstić information content (AvgIpc) is 2.46. The molecule has 0 aromatic heterocycles. The zero-order valence-electron chi connectivity index (χ0n) is 11.0. The van der Waals surface area contributed by atoms with Crippen LogP contribution in [0.15, 0.2) is 42.5 Å². The van der Waals surface area contributed by atoms with Gasteiger partial charge in [-0.1, -0.05) is 41.4 Å². The molecule has 112 valence electrons. The Morgan fingerprint density at radius 2 is 1.76 bits per heavy atom. The van der Waals surface area contributed by atoms with E-state index in [1.807, 2.05) is 0 Å². The number of rotatable bonds is 6. The molecule has 2 aromatic carbocycles. The van der Waals surface area contributed by atoms with Gasteiger partial charge in [-0.05, 0) is 24.3 Å². The summed E-state index contributed by atoms with van der Waals surface area (Å²) < 4.78 is 18.8. The molecule has 0 aliphatic carbocycles. The third-order valence-electron chi connectivity index (χ3n) is 2.74. The molecule has 0 saturated carbocycles. The molecule has 21 heavy (non-hydrogen) atoms. The first-order chi connectivity index (χ1) is 10.1. The van der Waals surface area contributed by atoms with Gasteiger partial charge in [0.2, 0.25) is 0 Å². The molecule has 2 aromatic rings. The molecule has 1 unspecified atom stereocenters. The maximum absolute atomic E-state index is 13.4. The Bertz CT molecular complexity index is 590. The van der Waals surface area contributed by atoms with Gasteiger partial charge in [0.1, 0.15) is 18.5 Å². The largest absolute Gasteiger partial charge is 0.488 e. The van der Waals surface area contributed by atoms with Gasteiger partial charge < -0.3 is 15.2 Å². The Balaban J connectivity index is 1.85. The van der Waals surface area contributed by atoms with Crippen molar-refractivity contribution in [1.29, 1.82) is 0 Å². The van der Waals surface area contributed by atoms with E-state index in [2.05, 4.69) is 5.32 Å². The van der Waals surface area contributed by atoms with Gasteiger partial charge in [0, 0.05) is 6.54 Å². The molecule has 1 atom stereocenters. The first-order valence-electron chi connectivity index (χ1n) is 6.31. The van der Waals surface area contributed by atoms with Crippen LogP contribution in [0.3, 0.4) is 0 Å². The van der Waals surface area contributed by atoms with Crippen molar-refractivity contribution in [3.63, 3.8) is 0 Å². The van der Waals surface area contributed by atoms with Crippen molar-refractivity contribution in [2.45, 2.75) is 6.10 Å². The molecule has 0 amide bonds. The lowest BCUT2D eigenvalue weighted by Gasteiger charge is -2.15. The quantitative estimate of drug-likeness (QED) is 0.842. The second-order valence-corrected chi connectivity index (χ2v) is 5.19. The molecule has 0 aliphatic rings. The van der Waals surface area contributed by atoms with Crippen LogP contribution in [-0.2, 0) is 0 Å². The normalized spacial score (nSPS) is 12.0. The van der Waals surface area contributed by atoms with E-state index in [-0.39, 0.29) is 19.0 Å². The second-order valence-electron chi connectivity index (χ2n) is 4.38. The lowest BCUT2D eigenvalue weighted by atomic mass is 10.3. The van der Waals surface area contributed by atoms with Crippen LogP contribution in [0.2, 0.25) is 10.0 Å². The van der Waals surface area contributed by atoms with E-state index in [0.717, 1.165) is 0 Å². The van der Waals surface area contributed by atoms with Crippen LogP contribution in [0.4, 0.5) is 10.1 Å². The van der Waals surface area contributed by atoms with Crippen LogP contribution in [-0.4, -0.2) is 24.4 Å². The summed E-state index contributed by atoms with van der Waals surface area (Å²) in [5, 5.41) is 13.4. The molecule has 0 heterocycles. The molecule has 0 bridgehead atoms. The Labute approximate surface area is 132 Å². The van der Waals surface area contributed by atoms with E-state index in [1.54, 1.807) is 36.4 Å². The van der Waals surface area contributed by atoms with Gasteiger partial charge in [-0.15, -0.1) is 0 Å². The number of hydrogen-bond acceptors (Lipinski definition) is 3. The summed E-state index contributed by atoms with van der Waals surface area (Å²) in [6.07, 6.45) is -0.836. The number of hydrogen-bond donors (Lipinski definition) is 2. The number of para-hydroxylation sites is 2. The molecule has 2 rings (SSSR count). The predicted octanol–water partition coefficient (Wildman–Crippen LogP) is 3.98. The Kier molecular flexibility index (Phi) is 5.67. The summed E-state index contributed by atoms with van der Waals surface area (Å²) in [7, 11) is 0. The van der Waals surface area contributed by atoms with E-state index in [0.29, 0.717) is 21.5 Å². The highest BCUT2D eigenvalue weighted by molar-refractivity contribution is 6.37. The van der Waals surface area contributed by atoms with Gasteiger partial charge in [0.15, 0.2) is 5.75 Å². The van der Waals surface area contributed by atoms with Gasteiger partial charge in [-0.25, -0.2) is 4.39 Å². The van der Waals surface area contributed by atoms with Crippen molar-refractivity contribution in [2.24, 2.45) is 0 Å². The average molecular weight is 330 g/mol. The zero-order chi connectivity index (χ0) is 15.2. The summed E-state index contributed by atoms with van der Waals surface area (Å²) in [5.74, 6) is -0.0504. The third kappa shape index (κ3) is 4.49. The van der Waals surface area contributed by atoms with Crippen molar-refractivity contribution < 1.29 is 14.2 Å². The van der Waals surface area contributed by atoms with E-state index in [1.165, 1.54) is 6.07 Å². The van der Waals surface area contributed by atoms with Crippen molar-refractivity contribution in [2.75, 3.05) is 18.5 Å². The van der Waals surface area contributed by atoms with Gasteiger partial charge in [-0.3, -0.25) is 0 Å². The van der Waals surface area contributed by atoms with Crippen molar-refractivity contribution in [1.82, 2.24) is 0 Å². The zero-order valence-corrected chi connectivity index (χ0v) is 12.5. The smallest absolute Gasteiger partial charge is 0.156 e. The number of benzene rings is 2. The number of anilines is 1. The summed E-state index contributed by atoms with van der Waals surface area (Å²) in [5.41, 5.74) is 0.326. The molecule has 3 nitrogen and oxygen atoms in total. The van der Waals surface area contributed by atoms with Crippen LogP contribution in [0.25, 0.3) is 0 Å². The molecule has 2 N–H and O–H groups in total. The maximum Gasteiger partial charge on any atom is 0.156 e. The molecule has 0 fully saturated rings. The van der Waals surface area contributed by atoms with Crippen molar-refractivity contribution in [3.8, 4) is 5.75 Å². The van der Waals surface area contributed by atoms with E-state index in [4.69, 9.17) is 27.9 Å². The molecule has 0 spiro atoms. The highest BCUT2D eigenvalue weighted by Gasteiger charge is 2.11. The predicted molar refractivity (Wildman–Crippen MR) is 82.9 cm³/mol. The van der Waals surface area contributed by atoms with Gasteiger partial charge in [0.05, 0.1) is 15.7 Å². The number of ether oxygens (including phenoxy) is 1. The first-order valence-corrected chi connectivity index (χ1v) is 7.07. The van der Waals surface area contributed by atoms with E-state index < -0.39 is 6.10 Å². The molecule has 6 heteroatoms. The molecular weight excluding hydrogens is 316 g/mol. The van der Waals surface area contributed by atoms with Gasteiger partial charge >= 0.3 is 0 Å². The first kappa shape index (κ1) is 15.9. The maximum atomic E-state index is 13.4. The minimum absolute atomic E-state index is 0.00902. The fourth-order valence-electron chi connectivity index (χ4n) is 1.69. The third-order valence-corrected chi connectivity index (χ3v) is 3.34. The summed E-state index contributed by atoms with van der Waals surface area (Å²) in [4.78, 5) is 0. The highest BCUT2D eigenvalue weighted by Crippen LogP contribution is 2.32. The van der Waals surface area contributed by atoms with Crippen LogP contribution in [0, 0.1) is 5.82 Å². The number of aliphatic hydroxyl groups is 1.